The van der Waals surface area contributed by atoms with Crippen molar-refractivity contribution in [2.75, 3.05) is 13.2 Å². The average molecular weight is 256 g/mol. The van der Waals surface area contributed by atoms with Gasteiger partial charge in [0.15, 0.2) is 0 Å². The molecule has 2 atom stereocenters. The molecule has 0 aromatic carbocycles. The smallest absolute Gasteiger partial charge is 0.432 e. The van der Waals surface area contributed by atoms with E-state index in [1.807, 2.05) is 0 Å². The molecule has 2 amide bonds. The quantitative estimate of drug-likeness (QED) is 0.673. The predicted octanol–water partition coefficient (Wildman–Crippen LogP) is -0.303. The van der Waals surface area contributed by atoms with Gasteiger partial charge in [0.25, 0.3) is 0 Å². The first-order valence-electron chi connectivity index (χ1n) is 6.02. The monoisotopic (exact) mass is 256 g/mol. The van der Waals surface area contributed by atoms with E-state index in [4.69, 9.17) is 9.47 Å². The summed E-state index contributed by atoms with van der Waals surface area (Å²) in [4.78, 5) is 33.1. The van der Waals surface area contributed by atoms with Crippen LogP contribution in [-0.2, 0) is 19.1 Å². The van der Waals surface area contributed by atoms with Gasteiger partial charge in [0.2, 0.25) is 11.8 Å². The fourth-order valence-corrected chi connectivity index (χ4v) is 1.98. The van der Waals surface area contributed by atoms with Gasteiger partial charge in [-0.05, 0) is 12.8 Å². The molecule has 18 heavy (non-hydrogen) atoms. The molecule has 2 aliphatic rings. The van der Waals surface area contributed by atoms with Crippen molar-refractivity contribution in [3.8, 4) is 0 Å². The number of carbonyl (C=O) groups is 3. The van der Waals surface area contributed by atoms with E-state index in [2.05, 4.69) is 10.6 Å². The Morgan fingerprint density at radius 1 is 1.00 bits per heavy atom. The van der Waals surface area contributed by atoms with Gasteiger partial charge >= 0.3 is 6.16 Å². The van der Waals surface area contributed by atoms with E-state index in [0.29, 0.717) is 25.7 Å². The molecular weight excluding hydrogens is 240 g/mol. The fourth-order valence-electron chi connectivity index (χ4n) is 1.98. The normalized spacial score (nSPS) is 26.7. The summed E-state index contributed by atoms with van der Waals surface area (Å²) in [6.07, 6.45) is 1.52. The number of hydrogen-bond donors (Lipinski definition) is 2. The highest BCUT2D eigenvalue weighted by atomic mass is 16.7. The lowest BCUT2D eigenvalue weighted by molar-refractivity contribution is -0.120. The molecule has 0 saturated carbocycles. The lowest BCUT2D eigenvalue weighted by atomic mass is 10.2. The van der Waals surface area contributed by atoms with E-state index in [1.165, 1.54) is 0 Å². The maximum Gasteiger partial charge on any atom is 0.508 e. The lowest BCUT2D eigenvalue weighted by Crippen LogP contribution is -2.33. The van der Waals surface area contributed by atoms with E-state index in [-0.39, 0.29) is 37.1 Å². The Morgan fingerprint density at radius 2 is 1.44 bits per heavy atom. The highest BCUT2D eigenvalue weighted by Gasteiger charge is 2.24. The van der Waals surface area contributed by atoms with Gasteiger partial charge in [0.05, 0.1) is 12.1 Å². The highest BCUT2D eigenvalue weighted by molar-refractivity contribution is 5.78. The molecule has 7 heteroatoms. The van der Waals surface area contributed by atoms with Crippen molar-refractivity contribution >= 4 is 18.0 Å². The van der Waals surface area contributed by atoms with Gasteiger partial charge in [0, 0.05) is 12.8 Å². The van der Waals surface area contributed by atoms with Gasteiger partial charge in [-0.3, -0.25) is 9.59 Å². The molecule has 2 rings (SSSR count). The Balaban J connectivity index is 1.57. The molecule has 0 aliphatic carbocycles. The fraction of sp³-hybridized carbons (Fsp3) is 0.727. The third-order valence-electron chi connectivity index (χ3n) is 2.97. The number of rotatable bonds is 4. The zero-order valence-corrected chi connectivity index (χ0v) is 9.94. The molecule has 100 valence electrons. The summed E-state index contributed by atoms with van der Waals surface area (Å²) in [6.45, 7) is 0.253. The van der Waals surface area contributed by atoms with Crippen LogP contribution in [-0.4, -0.2) is 43.3 Å². The number of nitrogens with one attached hydrogen (secondary N) is 2. The van der Waals surface area contributed by atoms with Crippen molar-refractivity contribution < 1.29 is 23.9 Å². The van der Waals surface area contributed by atoms with E-state index >= 15 is 0 Å². The summed E-state index contributed by atoms with van der Waals surface area (Å²) < 4.78 is 9.74. The van der Waals surface area contributed by atoms with Crippen LogP contribution in [0, 0.1) is 0 Å². The van der Waals surface area contributed by atoms with E-state index < -0.39 is 6.16 Å². The zero-order chi connectivity index (χ0) is 13.0. The van der Waals surface area contributed by atoms with Crippen LogP contribution < -0.4 is 10.6 Å². The van der Waals surface area contributed by atoms with Gasteiger partial charge in [-0.2, -0.15) is 0 Å². The van der Waals surface area contributed by atoms with E-state index in [1.54, 1.807) is 0 Å². The minimum atomic E-state index is -0.766. The van der Waals surface area contributed by atoms with Gasteiger partial charge in [-0.1, -0.05) is 0 Å². The number of ether oxygens (including phenoxy) is 2. The van der Waals surface area contributed by atoms with Gasteiger partial charge in [-0.15, -0.1) is 0 Å². The van der Waals surface area contributed by atoms with Crippen molar-refractivity contribution in [3.63, 3.8) is 0 Å². The van der Waals surface area contributed by atoms with Crippen LogP contribution in [0.1, 0.15) is 25.7 Å². The second-order valence-electron chi connectivity index (χ2n) is 4.48. The average Bonchev–Trinajstić information content (AvgIpc) is 2.93. The summed E-state index contributed by atoms with van der Waals surface area (Å²) in [7, 11) is 0. The summed E-state index contributed by atoms with van der Waals surface area (Å²) in [5.41, 5.74) is 0. The maximum absolute atomic E-state index is 11.2. The molecule has 2 fully saturated rings. The first-order chi connectivity index (χ1) is 8.63. The second-order valence-corrected chi connectivity index (χ2v) is 4.48. The minimum Gasteiger partial charge on any atom is -0.432 e. The van der Waals surface area contributed by atoms with Gasteiger partial charge in [-0.25, -0.2) is 4.79 Å². The van der Waals surface area contributed by atoms with Crippen molar-refractivity contribution in [3.05, 3.63) is 0 Å². The molecule has 0 radical (unpaired) electrons. The van der Waals surface area contributed by atoms with E-state index in [9.17, 15) is 14.4 Å². The number of hydrogen-bond acceptors (Lipinski definition) is 5. The third kappa shape index (κ3) is 3.61. The Labute approximate surface area is 104 Å². The van der Waals surface area contributed by atoms with Crippen molar-refractivity contribution in [1.82, 2.24) is 10.6 Å². The molecule has 7 nitrogen and oxygen atoms in total. The Morgan fingerprint density at radius 3 is 1.78 bits per heavy atom. The van der Waals surface area contributed by atoms with Crippen LogP contribution in [0.5, 0.6) is 0 Å². The van der Waals surface area contributed by atoms with E-state index in [0.717, 1.165) is 0 Å². The highest BCUT2D eigenvalue weighted by Crippen LogP contribution is 2.09. The number of carbonyl (C=O) groups excluding carboxylic acids is 3. The van der Waals surface area contributed by atoms with Gasteiger partial charge < -0.3 is 20.1 Å². The molecule has 2 N–H and O–H groups in total. The van der Waals surface area contributed by atoms with Crippen molar-refractivity contribution in [2.45, 2.75) is 37.8 Å². The molecule has 2 saturated heterocycles. The molecule has 2 heterocycles. The summed E-state index contributed by atoms with van der Waals surface area (Å²) in [6, 6.07) is -0.229. The molecule has 0 bridgehead atoms. The SMILES string of the molecule is O=C1CCC(COC(=O)OCC2CCC(=O)N2)N1. The molecule has 2 unspecified atom stereocenters. The zero-order valence-electron chi connectivity index (χ0n) is 9.94. The topological polar surface area (TPSA) is 93.7 Å². The maximum atomic E-state index is 11.2. The Kier molecular flexibility index (Phi) is 4.01. The second kappa shape index (κ2) is 5.70. The van der Waals surface area contributed by atoms with Crippen LogP contribution in [0.15, 0.2) is 0 Å². The Hall–Kier alpha value is -1.79. The Bertz CT molecular complexity index is 325. The first kappa shape index (κ1) is 12.7. The van der Waals surface area contributed by atoms with Crippen LogP contribution in [0.25, 0.3) is 0 Å². The molecule has 2 aliphatic heterocycles. The summed E-state index contributed by atoms with van der Waals surface area (Å²) in [5.74, 6) is -0.0451. The largest absolute Gasteiger partial charge is 0.508 e. The molecular formula is C11H16N2O5. The molecule has 0 aromatic rings. The van der Waals surface area contributed by atoms with Crippen LogP contribution in [0.2, 0.25) is 0 Å². The third-order valence-corrected chi connectivity index (χ3v) is 2.97. The summed E-state index contributed by atoms with van der Waals surface area (Å²) in [5, 5.41) is 5.37. The van der Waals surface area contributed by atoms with Crippen molar-refractivity contribution in [2.24, 2.45) is 0 Å². The van der Waals surface area contributed by atoms with Crippen LogP contribution >= 0.6 is 0 Å². The predicted molar refractivity (Wildman–Crippen MR) is 59.6 cm³/mol. The van der Waals surface area contributed by atoms with Crippen LogP contribution in [0.4, 0.5) is 4.79 Å². The minimum absolute atomic E-state index is 0.0226. The van der Waals surface area contributed by atoms with Crippen LogP contribution in [0.3, 0.4) is 0 Å². The number of amides is 2. The lowest BCUT2D eigenvalue weighted by Gasteiger charge is -2.13. The standard InChI is InChI=1S/C11H16N2O5/c14-9-3-1-7(12-9)5-17-11(16)18-6-8-2-4-10(15)13-8/h7-8H,1-6H2,(H,12,14)(H,13,15). The van der Waals surface area contributed by atoms with Gasteiger partial charge in [0.1, 0.15) is 13.2 Å². The first-order valence-corrected chi connectivity index (χ1v) is 6.02. The van der Waals surface area contributed by atoms with Crippen molar-refractivity contribution in [1.29, 1.82) is 0 Å². The molecule has 0 spiro atoms. The molecule has 0 aromatic heterocycles. The summed E-state index contributed by atoms with van der Waals surface area (Å²) >= 11 is 0.